The Hall–Kier alpha value is -1.69. The summed E-state index contributed by atoms with van der Waals surface area (Å²) in [6, 6.07) is 4.33. The molecule has 0 unspecified atom stereocenters. The molecule has 0 fully saturated rings. The van der Waals surface area contributed by atoms with Crippen molar-refractivity contribution in [2.45, 2.75) is 13.3 Å². The highest BCUT2D eigenvalue weighted by molar-refractivity contribution is 7.98. The quantitative estimate of drug-likeness (QED) is 0.701. The molecule has 1 aromatic carbocycles. The molecule has 19 heavy (non-hydrogen) atoms. The van der Waals surface area contributed by atoms with E-state index < -0.39 is 5.97 Å². The summed E-state index contributed by atoms with van der Waals surface area (Å²) in [4.78, 5) is 22.5. The van der Waals surface area contributed by atoms with Crippen molar-refractivity contribution in [2.75, 3.05) is 23.9 Å². The number of aromatic carboxylic acids is 1. The van der Waals surface area contributed by atoms with Crippen molar-refractivity contribution < 1.29 is 14.7 Å². The van der Waals surface area contributed by atoms with Gasteiger partial charge in [-0.1, -0.05) is 6.07 Å². The van der Waals surface area contributed by atoms with E-state index in [0.29, 0.717) is 12.2 Å². The fourth-order valence-corrected chi connectivity index (χ4v) is 1.91. The van der Waals surface area contributed by atoms with Gasteiger partial charge in [-0.15, -0.1) is 0 Å². The van der Waals surface area contributed by atoms with Gasteiger partial charge in [0.25, 0.3) is 0 Å². The third kappa shape index (κ3) is 5.21. The van der Waals surface area contributed by atoms with Crippen molar-refractivity contribution in [1.29, 1.82) is 0 Å². The number of thioether (sulfide) groups is 1. The molecule has 0 saturated heterocycles. The van der Waals surface area contributed by atoms with Crippen molar-refractivity contribution in [2.24, 2.45) is 0 Å². The number of rotatable bonds is 6. The number of urea groups is 1. The monoisotopic (exact) mass is 282 g/mol. The predicted molar refractivity (Wildman–Crippen MR) is 78.2 cm³/mol. The molecule has 0 aromatic heterocycles. The topological polar surface area (TPSA) is 78.4 Å². The molecule has 3 N–H and O–H groups in total. The van der Waals surface area contributed by atoms with Crippen molar-refractivity contribution in [3.05, 3.63) is 29.3 Å². The second kappa shape index (κ2) is 7.68. The van der Waals surface area contributed by atoms with Gasteiger partial charge >= 0.3 is 12.0 Å². The first-order valence-electron chi connectivity index (χ1n) is 5.92. The Morgan fingerprint density at radius 1 is 1.37 bits per heavy atom. The number of aryl methyl sites for hydroxylation is 1. The summed E-state index contributed by atoms with van der Waals surface area (Å²) in [6.45, 7) is 2.42. The third-order valence-electron chi connectivity index (χ3n) is 2.54. The standard InChI is InChI=1S/C13H18N2O3S/c1-9-4-5-10(12(16)17)8-11(9)15-13(18)14-6-3-7-19-2/h4-5,8H,3,6-7H2,1-2H3,(H,16,17)(H2,14,15,18). The number of amides is 2. The number of hydrogen-bond donors (Lipinski definition) is 3. The molecule has 2 amide bonds. The predicted octanol–water partition coefficient (Wildman–Crippen LogP) is 2.57. The number of benzene rings is 1. The van der Waals surface area contributed by atoms with Gasteiger partial charge in [0.2, 0.25) is 0 Å². The van der Waals surface area contributed by atoms with E-state index in [9.17, 15) is 9.59 Å². The summed E-state index contributed by atoms with van der Waals surface area (Å²) in [5, 5.41) is 14.3. The number of carbonyl (C=O) groups is 2. The summed E-state index contributed by atoms with van der Waals surface area (Å²) in [5.74, 6) is -0.0169. The van der Waals surface area contributed by atoms with Crippen LogP contribution in [0.3, 0.4) is 0 Å². The minimum absolute atomic E-state index is 0.156. The summed E-state index contributed by atoms with van der Waals surface area (Å²) in [6.07, 6.45) is 2.92. The fraction of sp³-hybridized carbons (Fsp3) is 0.385. The molecule has 0 aliphatic rings. The maximum Gasteiger partial charge on any atom is 0.335 e. The van der Waals surface area contributed by atoms with Crippen LogP contribution in [0.2, 0.25) is 0 Å². The van der Waals surface area contributed by atoms with Gasteiger partial charge in [-0.3, -0.25) is 0 Å². The van der Waals surface area contributed by atoms with Crippen LogP contribution < -0.4 is 10.6 Å². The van der Waals surface area contributed by atoms with Gasteiger partial charge < -0.3 is 15.7 Å². The maximum absolute atomic E-state index is 11.6. The van der Waals surface area contributed by atoms with Gasteiger partial charge in [-0.2, -0.15) is 11.8 Å². The second-order valence-corrected chi connectivity index (χ2v) is 5.05. The molecule has 0 bridgehead atoms. The van der Waals surface area contributed by atoms with Crippen LogP contribution in [0.5, 0.6) is 0 Å². The Balaban J connectivity index is 2.58. The smallest absolute Gasteiger partial charge is 0.335 e. The zero-order valence-corrected chi connectivity index (χ0v) is 11.8. The van der Waals surface area contributed by atoms with Crippen LogP contribution in [-0.2, 0) is 0 Å². The van der Waals surface area contributed by atoms with Gasteiger partial charge in [0.1, 0.15) is 0 Å². The number of hydrogen-bond acceptors (Lipinski definition) is 3. The molecular weight excluding hydrogens is 264 g/mol. The lowest BCUT2D eigenvalue weighted by Gasteiger charge is -2.10. The van der Waals surface area contributed by atoms with Gasteiger partial charge in [-0.05, 0) is 43.0 Å². The molecule has 104 valence electrons. The van der Waals surface area contributed by atoms with Gasteiger partial charge in [-0.25, -0.2) is 9.59 Å². The number of carboxylic acid groups (broad SMARTS) is 1. The molecule has 0 aliphatic carbocycles. The number of carboxylic acids is 1. The zero-order valence-electron chi connectivity index (χ0n) is 11.0. The van der Waals surface area contributed by atoms with Crippen LogP contribution in [0.4, 0.5) is 10.5 Å². The molecule has 1 rings (SSSR count). The van der Waals surface area contributed by atoms with Crippen molar-refractivity contribution >= 4 is 29.4 Å². The van der Waals surface area contributed by atoms with Crippen LogP contribution in [-0.4, -0.2) is 35.7 Å². The van der Waals surface area contributed by atoms with E-state index in [-0.39, 0.29) is 11.6 Å². The first-order valence-corrected chi connectivity index (χ1v) is 7.31. The lowest BCUT2D eigenvalue weighted by Crippen LogP contribution is -2.30. The van der Waals surface area contributed by atoms with Crippen LogP contribution in [0.25, 0.3) is 0 Å². The van der Waals surface area contributed by atoms with E-state index in [1.807, 2.05) is 13.2 Å². The molecule has 0 radical (unpaired) electrons. The Morgan fingerprint density at radius 2 is 2.11 bits per heavy atom. The van der Waals surface area contributed by atoms with Gasteiger partial charge in [0.15, 0.2) is 0 Å². The highest BCUT2D eigenvalue weighted by atomic mass is 32.2. The Morgan fingerprint density at radius 3 is 2.74 bits per heavy atom. The van der Waals surface area contributed by atoms with Gasteiger partial charge in [0.05, 0.1) is 5.56 Å². The largest absolute Gasteiger partial charge is 0.478 e. The average Bonchev–Trinajstić information content (AvgIpc) is 2.37. The molecule has 0 aliphatic heterocycles. The first kappa shape index (κ1) is 15.4. The Kier molecular flexibility index (Phi) is 6.21. The SMILES string of the molecule is CSCCCNC(=O)Nc1cc(C(=O)O)ccc1C. The molecule has 5 nitrogen and oxygen atoms in total. The van der Waals surface area contributed by atoms with Crippen molar-refractivity contribution in [1.82, 2.24) is 5.32 Å². The summed E-state index contributed by atoms with van der Waals surface area (Å²) < 4.78 is 0. The maximum atomic E-state index is 11.6. The van der Waals surface area contributed by atoms with Gasteiger partial charge in [0, 0.05) is 12.2 Å². The van der Waals surface area contributed by atoms with Crippen molar-refractivity contribution in [3.8, 4) is 0 Å². The van der Waals surface area contributed by atoms with E-state index >= 15 is 0 Å². The third-order valence-corrected chi connectivity index (χ3v) is 3.24. The molecule has 1 aromatic rings. The summed E-state index contributed by atoms with van der Waals surface area (Å²) in [7, 11) is 0. The lowest BCUT2D eigenvalue weighted by atomic mass is 10.1. The van der Waals surface area contributed by atoms with Crippen LogP contribution >= 0.6 is 11.8 Å². The van der Waals surface area contributed by atoms with Crippen LogP contribution in [0, 0.1) is 6.92 Å². The van der Waals surface area contributed by atoms with E-state index in [1.54, 1.807) is 17.8 Å². The second-order valence-electron chi connectivity index (χ2n) is 4.06. The first-order chi connectivity index (χ1) is 9.04. The summed E-state index contributed by atoms with van der Waals surface area (Å²) in [5.41, 5.74) is 1.50. The Bertz CT molecular complexity index is 463. The van der Waals surface area contributed by atoms with E-state index in [1.165, 1.54) is 12.1 Å². The van der Waals surface area contributed by atoms with E-state index in [0.717, 1.165) is 17.7 Å². The normalized spacial score (nSPS) is 10.0. The fourth-order valence-electron chi connectivity index (χ4n) is 1.47. The average molecular weight is 282 g/mol. The molecule has 0 saturated carbocycles. The minimum atomic E-state index is -1.01. The molecule has 6 heteroatoms. The highest BCUT2D eigenvalue weighted by Gasteiger charge is 2.08. The number of nitrogens with one attached hydrogen (secondary N) is 2. The Labute approximate surface area is 116 Å². The highest BCUT2D eigenvalue weighted by Crippen LogP contribution is 2.16. The minimum Gasteiger partial charge on any atom is -0.478 e. The lowest BCUT2D eigenvalue weighted by molar-refractivity contribution is 0.0697. The summed E-state index contributed by atoms with van der Waals surface area (Å²) >= 11 is 1.73. The van der Waals surface area contributed by atoms with Crippen LogP contribution in [0.1, 0.15) is 22.3 Å². The number of anilines is 1. The zero-order chi connectivity index (χ0) is 14.3. The molecule has 0 atom stereocenters. The van der Waals surface area contributed by atoms with E-state index in [2.05, 4.69) is 10.6 Å². The van der Waals surface area contributed by atoms with Crippen LogP contribution in [0.15, 0.2) is 18.2 Å². The molecular formula is C13H18N2O3S. The molecule has 0 spiro atoms. The van der Waals surface area contributed by atoms with Crippen molar-refractivity contribution in [3.63, 3.8) is 0 Å². The number of carbonyl (C=O) groups excluding carboxylic acids is 1. The van der Waals surface area contributed by atoms with E-state index in [4.69, 9.17) is 5.11 Å². The molecule has 0 heterocycles.